The molecular weight excluding hydrogens is 687 g/mol. The van der Waals surface area contributed by atoms with Crippen LogP contribution in [0.2, 0.25) is 0 Å². The second kappa shape index (κ2) is 13.7. The van der Waals surface area contributed by atoms with Crippen molar-refractivity contribution in [2.24, 2.45) is 0 Å². The lowest BCUT2D eigenvalue weighted by molar-refractivity contribution is 1.28. The SMILES string of the molecule is c1ccc(-c2cccc(N(c3ccc(-c4cc5ccccc5c5ccccc45)cc3)c3cccc(-c4cc5ccccc5c5c4ccc4ccccc45)c3)c2)cc1. The van der Waals surface area contributed by atoms with Crippen LogP contribution in [0.5, 0.6) is 0 Å². The number of benzene rings is 11. The van der Waals surface area contributed by atoms with E-state index in [0.29, 0.717) is 0 Å². The Bertz CT molecular complexity index is 3270. The Hall–Kier alpha value is -7.48. The Kier molecular flexibility index (Phi) is 7.89. The summed E-state index contributed by atoms with van der Waals surface area (Å²) < 4.78 is 0. The normalized spacial score (nSPS) is 11.5. The summed E-state index contributed by atoms with van der Waals surface area (Å²) in [6.45, 7) is 0. The van der Waals surface area contributed by atoms with Gasteiger partial charge in [0.15, 0.2) is 0 Å². The van der Waals surface area contributed by atoms with Gasteiger partial charge in [0.1, 0.15) is 0 Å². The maximum absolute atomic E-state index is 2.40. The third kappa shape index (κ3) is 5.72. The molecule has 11 aromatic carbocycles. The van der Waals surface area contributed by atoms with Gasteiger partial charge in [0, 0.05) is 17.1 Å². The number of rotatable bonds is 6. The monoisotopic (exact) mass is 723 g/mol. The van der Waals surface area contributed by atoms with Crippen LogP contribution in [0.4, 0.5) is 17.1 Å². The number of fused-ring (bicyclic) bond motifs is 8. The van der Waals surface area contributed by atoms with Gasteiger partial charge in [-0.05, 0) is 136 Å². The van der Waals surface area contributed by atoms with Crippen molar-refractivity contribution in [1.29, 1.82) is 0 Å². The van der Waals surface area contributed by atoms with E-state index in [1.54, 1.807) is 0 Å². The van der Waals surface area contributed by atoms with Gasteiger partial charge < -0.3 is 4.90 Å². The topological polar surface area (TPSA) is 3.24 Å². The van der Waals surface area contributed by atoms with Crippen LogP contribution in [0.25, 0.3) is 87.2 Å². The molecule has 0 fully saturated rings. The molecule has 11 aromatic rings. The molecule has 0 aliphatic heterocycles. The van der Waals surface area contributed by atoms with Gasteiger partial charge in [-0.1, -0.05) is 176 Å². The Morgan fingerprint density at radius 3 is 1.46 bits per heavy atom. The zero-order valence-electron chi connectivity index (χ0n) is 31.3. The molecule has 11 rings (SSSR count). The van der Waals surface area contributed by atoms with Gasteiger partial charge >= 0.3 is 0 Å². The van der Waals surface area contributed by atoms with Crippen molar-refractivity contribution in [3.05, 3.63) is 224 Å². The molecule has 0 amide bonds. The lowest BCUT2D eigenvalue weighted by atomic mass is 9.90. The summed E-state index contributed by atoms with van der Waals surface area (Å²) in [4.78, 5) is 2.40. The quantitative estimate of drug-likeness (QED) is 0.154. The largest absolute Gasteiger partial charge is 0.310 e. The molecule has 0 aromatic heterocycles. The Morgan fingerprint density at radius 1 is 0.228 bits per heavy atom. The van der Waals surface area contributed by atoms with Crippen molar-refractivity contribution in [3.8, 4) is 33.4 Å². The van der Waals surface area contributed by atoms with Crippen LogP contribution in [-0.4, -0.2) is 0 Å². The minimum atomic E-state index is 1.10. The van der Waals surface area contributed by atoms with Crippen molar-refractivity contribution in [3.63, 3.8) is 0 Å². The molecule has 0 saturated heterocycles. The number of nitrogens with zero attached hydrogens (tertiary/aromatic N) is 1. The van der Waals surface area contributed by atoms with E-state index in [0.717, 1.165) is 17.1 Å². The minimum absolute atomic E-state index is 1.10. The summed E-state index contributed by atoms with van der Waals surface area (Å²) >= 11 is 0. The maximum atomic E-state index is 2.40. The zero-order chi connectivity index (χ0) is 37.7. The highest BCUT2D eigenvalue weighted by atomic mass is 15.1. The summed E-state index contributed by atoms with van der Waals surface area (Å²) in [6.07, 6.45) is 0. The molecule has 0 bridgehead atoms. The lowest BCUT2D eigenvalue weighted by Gasteiger charge is -2.27. The van der Waals surface area contributed by atoms with Crippen LogP contribution < -0.4 is 4.90 Å². The average Bonchev–Trinajstić information content (AvgIpc) is 3.29. The van der Waals surface area contributed by atoms with Gasteiger partial charge in [0.05, 0.1) is 0 Å². The first-order valence-electron chi connectivity index (χ1n) is 19.7. The van der Waals surface area contributed by atoms with E-state index in [1.165, 1.54) is 87.2 Å². The second-order valence-corrected chi connectivity index (χ2v) is 14.9. The van der Waals surface area contributed by atoms with Crippen LogP contribution in [0.1, 0.15) is 0 Å². The summed E-state index contributed by atoms with van der Waals surface area (Å²) in [6, 6.07) is 82.0. The molecule has 1 heteroatoms. The maximum Gasteiger partial charge on any atom is 0.0467 e. The van der Waals surface area contributed by atoms with E-state index >= 15 is 0 Å². The van der Waals surface area contributed by atoms with Crippen LogP contribution >= 0.6 is 0 Å². The van der Waals surface area contributed by atoms with Gasteiger partial charge in [0.2, 0.25) is 0 Å². The van der Waals surface area contributed by atoms with Gasteiger partial charge in [-0.2, -0.15) is 0 Å². The highest BCUT2D eigenvalue weighted by Gasteiger charge is 2.18. The molecule has 0 saturated carbocycles. The first-order valence-corrected chi connectivity index (χ1v) is 19.7. The molecule has 0 N–H and O–H groups in total. The lowest BCUT2D eigenvalue weighted by Crippen LogP contribution is -2.10. The fourth-order valence-electron chi connectivity index (χ4n) is 8.91. The first-order chi connectivity index (χ1) is 28.3. The van der Waals surface area contributed by atoms with Crippen LogP contribution in [0.3, 0.4) is 0 Å². The van der Waals surface area contributed by atoms with Crippen molar-refractivity contribution < 1.29 is 0 Å². The predicted octanol–water partition coefficient (Wildman–Crippen LogP) is 15.9. The van der Waals surface area contributed by atoms with E-state index < -0.39 is 0 Å². The Morgan fingerprint density at radius 2 is 0.737 bits per heavy atom. The minimum Gasteiger partial charge on any atom is -0.310 e. The summed E-state index contributed by atoms with van der Waals surface area (Å²) in [5.74, 6) is 0. The fraction of sp³-hybridized carbons (Fsp3) is 0. The van der Waals surface area contributed by atoms with Crippen molar-refractivity contribution >= 4 is 70.9 Å². The molecule has 0 atom stereocenters. The van der Waals surface area contributed by atoms with E-state index in [1.807, 2.05) is 0 Å². The van der Waals surface area contributed by atoms with Crippen LogP contribution in [0.15, 0.2) is 224 Å². The van der Waals surface area contributed by atoms with Gasteiger partial charge in [0.25, 0.3) is 0 Å². The first kappa shape index (κ1) is 32.9. The number of anilines is 3. The molecule has 0 radical (unpaired) electrons. The summed E-state index contributed by atoms with van der Waals surface area (Å²) in [5.41, 5.74) is 10.5. The third-order valence-electron chi connectivity index (χ3n) is 11.6. The molecule has 0 aliphatic rings. The molecule has 0 unspecified atom stereocenters. The van der Waals surface area contributed by atoms with Crippen molar-refractivity contribution in [2.75, 3.05) is 4.90 Å². The van der Waals surface area contributed by atoms with Gasteiger partial charge in [-0.3, -0.25) is 0 Å². The Balaban J connectivity index is 1.09. The summed E-state index contributed by atoms with van der Waals surface area (Å²) in [5, 5.41) is 12.7. The molecule has 0 spiro atoms. The predicted molar refractivity (Wildman–Crippen MR) is 245 cm³/mol. The zero-order valence-corrected chi connectivity index (χ0v) is 31.3. The molecule has 0 aliphatic carbocycles. The molecular formula is C56H37N. The average molecular weight is 724 g/mol. The van der Waals surface area contributed by atoms with Gasteiger partial charge in [-0.15, -0.1) is 0 Å². The summed E-state index contributed by atoms with van der Waals surface area (Å²) in [7, 11) is 0. The smallest absolute Gasteiger partial charge is 0.0467 e. The van der Waals surface area contributed by atoms with E-state index in [-0.39, 0.29) is 0 Å². The highest BCUT2D eigenvalue weighted by Crippen LogP contribution is 2.43. The standard InChI is InChI=1S/C56H37N/c1-2-14-38(15-3-1)41-19-12-21-46(34-41)57(45-31-28-40(29-32-45)54-36-43-17-5-7-23-48(43)51-26-10-11-27-52(51)54)47-22-13-20-42(35-47)55-37-44-18-6-9-25-50(44)56-49-24-8-4-16-39(49)30-33-53(55)56/h1-37H. The highest BCUT2D eigenvalue weighted by molar-refractivity contribution is 6.24. The molecule has 57 heavy (non-hydrogen) atoms. The molecule has 266 valence electrons. The number of hydrogen-bond donors (Lipinski definition) is 0. The van der Waals surface area contributed by atoms with Crippen LogP contribution in [0, 0.1) is 0 Å². The second-order valence-electron chi connectivity index (χ2n) is 14.9. The van der Waals surface area contributed by atoms with E-state index in [9.17, 15) is 0 Å². The van der Waals surface area contributed by atoms with E-state index in [4.69, 9.17) is 0 Å². The van der Waals surface area contributed by atoms with Crippen molar-refractivity contribution in [1.82, 2.24) is 0 Å². The molecule has 1 nitrogen and oxygen atoms in total. The van der Waals surface area contributed by atoms with E-state index in [2.05, 4.69) is 229 Å². The van der Waals surface area contributed by atoms with Gasteiger partial charge in [-0.25, -0.2) is 0 Å². The van der Waals surface area contributed by atoms with Crippen molar-refractivity contribution in [2.45, 2.75) is 0 Å². The van der Waals surface area contributed by atoms with Crippen LogP contribution in [-0.2, 0) is 0 Å². The number of hydrogen-bond acceptors (Lipinski definition) is 1. The molecule has 0 heterocycles. The fourth-order valence-corrected chi connectivity index (χ4v) is 8.91. The third-order valence-corrected chi connectivity index (χ3v) is 11.6. The Labute approximate surface area is 332 Å².